The number of nitrogens with zero attached hydrogens (tertiary/aromatic N) is 5. The molecule has 2 atom stereocenters. The number of hydrogen-bond donors (Lipinski definition) is 3. The number of aromatic nitrogens is 4. The van der Waals surface area contributed by atoms with Crippen LogP contribution < -0.4 is 16.0 Å². The van der Waals surface area contributed by atoms with Crippen molar-refractivity contribution in [2.45, 2.75) is 65.0 Å². The number of fused-ring (bicyclic) bond motifs is 4. The summed E-state index contributed by atoms with van der Waals surface area (Å²) in [6.07, 6.45) is 5.25. The van der Waals surface area contributed by atoms with Gasteiger partial charge in [-0.3, -0.25) is 19.2 Å². The van der Waals surface area contributed by atoms with E-state index < -0.39 is 6.04 Å². The van der Waals surface area contributed by atoms with Crippen LogP contribution >= 0.6 is 22.7 Å². The topological polar surface area (TPSA) is 159 Å². The zero-order valence-corrected chi connectivity index (χ0v) is 28.9. The highest BCUT2D eigenvalue weighted by Gasteiger charge is 2.26. The second-order valence-corrected chi connectivity index (χ2v) is 13.9. The first-order valence-corrected chi connectivity index (χ1v) is 17.8. The third-order valence-electron chi connectivity index (χ3n) is 7.77. The molecule has 3 aromatic heterocycles. The second kappa shape index (κ2) is 16.5. The van der Waals surface area contributed by atoms with Crippen LogP contribution in [0.15, 0.2) is 53.5 Å². The van der Waals surface area contributed by atoms with Crippen LogP contribution in [0.5, 0.6) is 0 Å². The molecule has 4 amide bonds. The van der Waals surface area contributed by atoms with Crippen LogP contribution in [0.3, 0.4) is 0 Å². The predicted molar refractivity (Wildman–Crippen MR) is 184 cm³/mol. The van der Waals surface area contributed by atoms with E-state index in [4.69, 9.17) is 0 Å². The van der Waals surface area contributed by atoms with Crippen LogP contribution in [-0.4, -0.2) is 68.1 Å². The van der Waals surface area contributed by atoms with Crippen LogP contribution in [0.2, 0.25) is 0 Å². The molecule has 1 aromatic carbocycles. The molecule has 0 saturated carbocycles. The van der Waals surface area contributed by atoms with E-state index in [0.717, 1.165) is 5.56 Å². The van der Waals surface area contributed by atoms with Gasteiger partial charge in [0.1, 0.15) is 27.2 Å². The van der Waals surface area contributed by atoms with Crippen LogP contribution in [0.1, 0.15) is 104 Å². The smallest absolute Gasteiger partial charge is 0.271 e. The Balaban J connectivity index is 1.41. The summed E-state index contributed by atoms with van der Waals surface area (Å²) in [5.74, 6) is -0.263. The summed E-state index contributed by atoms with van der Waals surface area (Å²) in [5, 5.41) is 13.7. The molecule has 5 rings (SSSR count). The monoisotopic (exact) mass is 688 g/mol. The first-order chi connectivity index (χ1) is 23.2. The average Bonchev–Trinajstić information content (AvgIpc) is 3.77. The lowest BCUT2D eigenvalue weighted by Gasteiger charge is -2.23. The van der Waals surface area contributed by atoms with Gasteiger partial charge in [0.05, 0.1) is 17.6 Å². The van der Waals surface area contributed by atoms with E-state index >= 15 is 0 Å². The normalized spacial score (nSPS) is 18.4. The number of thiazole rings is 2. The van der Waals surface area contributed by atoms with Gasteiger partial charge < -0.3 is 20.9 Å². The molecule has 1 aliphatic rings. The Morgan fingerprint density at radius 1 is 0.896 bits per heavy atom. The molecule has 4 bridgehead atoms. The van der Waals surface area contributed by atoms with E-state index in [1.165, 1.54) is 35.1 Å². The predicted octanol–water partition coefficient (Wildman–Crippen LogP) is 4.67. The van der Waals surface area contributed by atoms with Crippen molar-refractivity contribution in [2.75, 3.05) is 19.6 Å². The Hall–Kier alpha value is -4.56. The van der Waals surface area contributed by atoms with Crippen LogP contribution in [0.25, 0.3) is 0 Å². The standard InChI is InChI=1S/C34H40N8O4S2/c1-21(2)15-25-32-41-28(20-48-32)31(45)39-26(16-23-9-5-4-6-10-23)33-40-27(19-47-33)30(44)35-12-8-14-42(13-7-11-29(43)38-25)34(46)24-17-36-22(3)37-18-24/h4-6,9-10,17-21,25-26H,7-8,11-16H2,1-3H3,(H,35,44)(H,38,43)(H,39,45)/t25-,26-/m0/s1. The Labute approximate surface area is 287 Å². The Morgan fingerprint density at radius 2 is 1.54 bits per heavy atom. The van der Waals surface area contributed by atoms with Gasteiger partial charge in [-0.1, -0.05) is 44.2 Å². The van der Waals surface area contributed by atoms with Crippen molar-refractivity contribution < 1.29 is 19.2 Å². The highest BCUT2D eigenvalue weighted by molar-refractivity contribution is 7.10. The largest absolute Gasteiger partial charge is 0.351 e. The fraction of sp³-hybridized carbons (Fsp3) is 0.412. The van der Waals surface area contributed by atoms with Crippen LogP contribution in [-0.2, 0) is 11.2 Å². The van der Waals surface area contributed by atoms with Crippen molar-refractivity contribution >= 4 is 46.3 Å². The van der Waals surface area contributed by atoms with Crippen molar-refractivity contribution in [3.8, 4) is 0 Å². The van der Waals surface area contributed by atoms with Crippen LogP contribution in [0, 0.1) is 12.8 Å². The first-order valence-electron chi connectivity index (χ1n) is 16.1. The molecule has 4 aromatic rings. The SMILES string of the molecule is Cc1ncc(C(=O)N2CCCNC(=O)c3csc(n3)[C@H](Cc3ccccc3)NC(=O)c3csc(n3)[C@H](CC(C)C)NC(=O)CCC2)cn1. The molecule has 0 unspecified atom stereocenters. The highest BCUT2D eigenvalue weighted by atomic mass is 32.1. The van der Waals surface area contributed by atoms with Crippen molar-refractivity contribution in [3.05, 3.63) is 91.8 Å². The highest BCUT2D eigenvalue weighted by Crippen LogP contribution is 2.27. The van der Waals surface area contributed by atoms with Crippen LogP contribution in [0.4, 0.5) is 0 Å². The summed E-state index contributed by atoms with van der Waals surface area (Å²) in [4.78, 5) is 72.5. The first kappa shape index (κ1) is 34.8. The number of hydrogen-bond acceptors (Lipinski definition) is 10. The molecule has 4 heterocycles. The van der Waals surface area contributed by atoms with Gasteiger partial charge in [-0.15, -0.1) is 22.7 Å². The number of benzene rings is 1. The third-order valence-corrected chi connectivity index (χ3v) is 9.69. The molecule has 0 saturated heterocycles. The van der Waals surface area contributed by atoms with E-state index in [1.807, 2.05) is 30.3 Å². The van der Waals surface area contributed by atoms with Gasteiger partial charge in [0, 0.05) is 49.2 Å². The number of aryl methyl sites for hydroxylation is 1. The fourth-order valence-electron chi connectivity index (χ4n) is 5.34. The number of carbonyl (C=O) groups is 4. The second-order valence-electron chi connectivity index (χ2n) is 12.1. The fourth-order valence-corrected chi connectivity index (χ4v) is 7.05. The Kier molecular flexibility index (Phi) is 12.0. The molecule has 12 nitrogen and oxygen atoms in total. The molecule has 0 radical (unpaired) electrons. The van der Waals surface area contributed by atoms with E-state index in [-0.39, 0.29) is 53.4 Å². The lowest BCUT2D eigenvalue weighted by atomic mass is 10.0. The van der Waals surface area contributed by atoms with Gasteiger partial charge in [-0.2, -0.15) is 0 Å². The molecule has 0 spiro atoms. The Morgan fingerprint density at radius 3 is 2.23 bits per heavy atom. The molecule has 0 aliphatic carbocycles. The van der Waals surface area contributed by atoms with Crippen molar-refractivity contribution in [3.63, 3.8) is 0 Å². The summed E-state index contributed by atoms with van der Waals surface area (Å²) >= 11 is 2.64. The van der Waals surface area contributed by atoms with E-state index in [0.29, 0.717) is 66.7 Å². The van der Waals surface area contributed by atoms with Crippen molar-refractivity contribution in [2.24, 2.45) is 5.92 Å². The van der Waals surface area contributed by atoms with Crippen molar-refractivity contribution in [1.82, 2.24) is 40.8 Å². The van der Waals surface area contributed by atoms with Gasteiger partial charge in [-0.25, -0.2) is 19.9 Å². The van der Waals surface area contributed by atoms with Gasteiger partial charge in [-0.05, 0) is 44.1 Å². The zero-order valence-electron chi connectivity index (χ0n) is 27.3. The van der Waals surface area contributed by atoms with Gasteiger partial charge in [0.2, 0.25) is 5.91 Å². The average molecular weight is 689 g/mol. The van der Waals surface area contributed by atoms with E-state index in [2.05, 4.69) is 49.7 Å². The molecule has 48 heavy (non-hydrogen) atoms. The van der Waals surface area contributed by atoms with E-state index in [1.54, 1.807) is 22.6 Å². The summed E-state index contributed by atoms with van der Waals surface area (Å²) in [6, 6.07) is 8.90. The molecule has 3 N–H and O–H groups in total. The lowest BCUT2D eigenvalue weighted by molar-refractivity contribution is -0.122. The molecule has 1 aliphatic heterocycles. The van der Waals surface area contributed by atoms with Gasteiger partial charge >= 0.3 is 0 Å². The van der Waals surface area contributed by atoms with Gasteiger partial charge in [0.25, 0.3) is 17.7 Å². The quantitative estimate of drug-likeness (QED) is 0.273. The maximum atomic E-state index is 13.5. The number of rotatable bonds is 5. The lowest BCUT2D eigenvalue weighted by Crippen LogP contribution is -2.36. The van der Waals surface area contributed by atoms with Crippen molar-refractivity contribution in [1.29, 1.82) is 0 Å². The number of carbonyl (C=O) groups excluding carboxylic acids is 4. The van der Waals surface area contributed by atoms with Gasteiger partial charge in [0.15, 0.2) is 0 Å². The molecule has 252 valence electrons. The minimum absolute atomic E-state index is 0.159. The maximum Gasteiger partial charge on any atom is 0.271 e. The third kappa shape index (κ3) is 9.50. The minimum atomic E-state index is -0.498. The zero-order chi connectivity index (χ0) is 34.0. The Bertz CT molecular complexity index is 1710. The summed E-state index contributed by atoms with van der Waals surface area (Å²) in [5.41, 5.74) is 1.88. The number of nitrogens with one attached hydrogen (secondary N) is 3. The maximum absolute atomic E-state index is 13.5. The molecular weight excluding hydrogens is 649 g/mol. The summed E-state index contributed by atoms with van der Waals surface area (Å²) in [7, 11) is 0. The minimum Gasteiger partial charge on any atom is -0.351 e. The molecule has 0 fully saturated rings. The molecule has 14 heteroatoms. The molecular formula is C34H40N8O4S2. The van der Waals surface area contributed by atoms with E-state index in [9.17, 15) is 19.2 Å². The number of amides is 4. The summed E-state index contributed by atoms with van der Waals surface area (Å²) < 4.78 is 0. The summed E-state index contributed by atoms with van der Waals surface area (Å²) in [6.45, 7) is 6.90.